The van der Waals surface area contributed by atoms with Crippen molar-refractivity contribution in [3.05, 3.63) is 5.01 Å². The van der Waals surface area contributed by atoms with Crippen LogP contribution in [0.25, 0.3) is 0 Å². The number of nitrogen functional groups attached to an aromatic ring is 1. The minimum atomic E-state index is 0.526. The van der Waals surface area contributed by atoms with Gasteiger partial charge in [-0.25, -0.2) is 5.84 Å². The third-order valence-electron chi connectivity index (χ3n) is 2.07. The third-order valence-corrected chi connectivity index (χ3v) is 2.90. The molecule has 1 aromatic rings. The standard InChI is InChI=1S/C8H17N5S/c1-4-13(6(2)3)5-7-11-12-8(10-9)14-7/h6H,4-5,9H2,1-3H3,(H,10,12). The fraction of sp³-hybridized carbons (Fsp3) is 0.750. The van der Waals surface area contributed by atoms with Crippen molar-refractivity contribution in [2.75, 3.05) is 12.0 Å². The zero-order valence-electron chi connectivity index (χ0n) is 8.82. The highest BCUT2D eigenvalue weighted by atomic mass is 32.1. The van der Waals surface area contributed by atoms with Gasteiger partial charge in [0.2, 0.25) is 5.13 Å². The average molecular weight is 215 g/mol. The van der Waals surface area contributed by atoms with Crippen molar-refractivity contribution in [3.8, 4) is 0 Å². The molecule has 0 aliphatic rings. The van der Waals surface area contributed by atoms with Crippen molar-refractivity contribution in [3.63, 3.8) is 0 Å². The van der Waals surface area contributed by atoms with Gasteiger partial charge in [-0.15, -0.1) is 10.2 Å². The van der Waals surface area contributed by atoms with Crippen LogP contribution in [0.4, 0.5) is 5.13 Å². The molecule has 0 radical (unpaired) electrons. The van der Waals surface area contributed by atoms with E-state index in [1.807, 2.05) is 0 Å². The molecule has 0 amide bonds. The first-order valence-electron chi connectivity index (χ1n) is 4.70. The zero-order valence-corrected chi connectivity index (χ0v) is 9.64. The van der Waals surface area contributed by atoms with Crippen molar-refractivity contribution >= 4 is 16.5 Å². The fourth-order valence-corrected chi connectivity index (χ4v) is 1.88. The first-order valence-corrected chi connectivity index (χ1v) is 5.52. The van der Waals surface area contributed by atoms with Crippen LogP contribution in [0, 0.1) is 0 Å². The molecule has 0 bridgehead atoms. The van der Waals surface area contributed by atoms with Gasteiger partial charge in [-0.05, 0) is 20.4 Å². The number of hydrogen-bond donors (Lipinski definition) is 2. The number of aromatic nitrogens is 2. The molecule has 6 heteroatoms. The minimum Gasteiger partial charge on any atom is -0.298 e. The van der Waals surface area contributed by atoms with E-state index in [1.54, 1.807) is 0 Å². The maximum absolute atomic E-state index is 5.23. The zero-order chi connectivity index (χ0) is 10.6. The summed E-state index contributed by atoms with van der Waals surface area (Å²) < 4.78 is 0. The molecule has 0 spiro atoms. The van der Waals surface area contributed by atoms with E-state index in [2.05, 4.69) is 41.3 Å². The van der Waals surface area contributed by atoms with Crippen LogP contribution in [-0.2, 0) is 6.54 Å². The Kier molecular flexibility index (Phi) is 4.24. The summed E-state index contributed by atoms with van der Waals surface area (Å²) >= 11 is 1.49. The van der Waals surface area contributed by atoms with Crippen LogP contribution in [0.5, 0.6) is 0 Å². The van der Waals surface area contributed by atoms with E-state index in [0.29, 0.717) is 11.2 Å². The highest BCUT2D eigenvalue weighted by Crippen LogP contribution is 2.16. The van der Waals surface area contributed by atoms with E-state index >= 15 is 0 Å². The van der Waals surface area contributed by atoms with Crippen molar-refractivity contribution in [1.29, 1.82) is 0 Å². The van der Waals surface area contributed by atoms with Gasteiger partial charge in [-0.1, -0.05) is 18.3 Å². The van der Waals surface area contributed by atoms with Gasteiger partial charge in [0, 0.05) is 6.04 Å². The summed E-state index contributed by atoms with van der Waals surface area (Å²) in [6.45, 7) is 8.35. The summed E-state index contributed by atoms with van der Waals surface area (Å²) in [4.78, 5) is 2.32. The second-order valence-electron chi connectivity index (χ2n) is 3.30. The van der Waals surface area contributed by atoms with Crippen LogP contribution in [0.3, 0.4) is 0 Å². The molecule has 1 heterocycles. The van der Waals surface area contributed by atoms with Crippen LogP contribution in [0.2, 0.25) is 0 Å². The highest BCUT2D eigenvalue weighted by Gasteiger charge is 2.10. The molecular weight excluding hydrogens is 198 g/mol. The van der Waals surface area contributed by atoms with E-state index in [0.717, 1.165) is 18.1 Å². The van der Waals surface area contributed by atoms with Crippen molar-refractivity contribution < 1.29 is 0 Å². The first kappa shape index (κ1) is 11.4. The number of nitrogens with zero attached hydrogens (tertiary/aromatic N) is 3. The molecule has 0 aromatic carbocycles. The number of anilines is 1. The fourth-order valence-electron chi connectivity index (χ4n) is 1.21. The van der Waals surface area contributed by atoms with Crippen molar-refractivity contribution in [2.45, 2.75) is 33.4 Å². The van der Waals surface area contributed by atoms with E-state index in [1.165, 1.54) is 11.3 Å². The van der Waals surface area contributed by atoms with Crippen LogP contribution in [-0.4, -0.2) is 27.7 Å². The quantitative estimate of drug-likeness (QED) is 0.568. The predicted molar refractivity (Wildman–Crippen MR) is 58.9 cm³/mol. The van der Waals surface area contributed by atoms with Crippen LogP contribution >= 0.6 is 11.3 Å². The number of rotatable bonds is 5. The first-order chi connectivity index (χ1) is 6.67. The van der Waals surface area contributed by atoms with Crippen LogP contribution in [0.1, 0.15) is 25.8 Å². The van der Waals surface area contributed by atoms with Gasteiger partial charge in [0.15, 0.2) is 0 Å². The lowest BCUT2D eigenvalue weighted by Gasteiger charge is -2.22. The molecule has 0 saturated heterocycles. The molecule has 0 atom stereocenters. The molecule has 0 aliphatic heterocycles. The SMILES string of the molecule is CCN(Cc1nnc(NN)s1)C(C)C. The lowest BCUT2D eigenvalue weighted by molar-refractivity contribution is 0.224. The van der Waals surface area contributed by atoms with E-state index in [9.17, 15) is 0 Å². The Labute approximate surface area is 88.3 Å². The Bertz CT molecular complexity index is 272. The van der Waals surface area contributed by atoms with E-state index in [-0.39, 0.29) is 0 Å². The van der Waals surface area contributed by atoms with Crippen LogP contribution in [0.15, 0.2) is 0 Å². The molecule has 80 valence electrons. The third kappa shape index (κ3) is 2.90. The molecule has 1 rings (SSSR count). The molecule has 1 aromatic heterocycles. The van der Waals surface area contributed by atoms with Crippen molar-refractivity contribution in [1.82, 2.24) is 15.1 Å². The summed E-state index contributed by atoms with van der Waals surface area (Å²) in [5.41, 5.74) is 2.49. The smallest absolute Gasteiger partial charge is 0.219 e. The highest BCUT2D eigenvalue weighted by molar-refractivity contribution is 7.15. The Morgan fingerprint density at radius 2 is 2.21 bits per heavy atom. The maximum Gasteiger partial charge on any atom is 0.219 e. The molecule has 3 N–H and O–H groups in total. The Hall–Kier alpha value is -0.720. The van der Waals surface area contributed by atoms with Crippen LogP contribution < -0.4 is 11.3 Å². The van der Waals surface area contributed by atoms with E-state index in [4.69, 9.17) is 5.84 Å². The van der Waals surface area contributed by atoms with Gasteiger partial charge >= 0.3 is 0 Å². The Balaban J connectivity index is 2.57. The Morgan fingerprint density at radius 1 is 1.50 bits per heavy atom. The van der Waals surface area contributed by atoms with Gasteiger partial charge in [0.25, 0.3) is 0 Å². The van der Waals surface area contributed by atoms with E-state index < -0.39 is 0 Å². The van der Waals surface area contributed by atoms with Gasteiger partial charge in [0.05, 0.1) is 6.54 Å². The molecule has 5 nitrogen and oxygen atoms in total. The van der Waals surface area contributed by atoms with Gasteiger partial charge in [-0.3, -0.25) is 10.3 Å². The molecule has 0 fully saturated rings. The lowest BCUT2D eigenvalue weighted by Crippen LogP contribution is -2.29. The Morgan fingerprint density at radius 3 is 2.64 bits per heavy atom. The predicted octanol–water partition coefficient (Wildman–Crippen LogP) is 1.05. The second-order valence-corrected chi connectivity index (χ2v) is 4.36. The van der Waals surface area contributed by atoms with Gasteiger partial charge < -0.3 is 0 Å². The summed E-state index contributed by atoms with van der Waals surface area (Å²) in [7, 11) is 0. The largest absolute Gasteiger partial charge is 0.298 e. The second kappa shape index (κ2) is 5.23. The van der Waals surface area contributed by atoms with Gasteiger partial charge in [-0.2, -0.15) is 0 Å². The number of nitrogens with two attached hydrogens (primary N) is 1. The number of hydrogen-bond acceptors (Lipinski definition) is 6. The maximum atomic E-state index is 5.23. The number of hydrazine groups is 1. The molecule has 0 aliphatic carbocycles. The molecule has 0 unspecified atom stereocenters. The summed E-state index contributed by atoms with van der Waals surface area (Å²) in [5.74, 6) is 5.23. The summed E-state index contributed by atoms with van der Waals surface area (Å²) in [6.07, 6.45) is 0. The summed E-state index contributed by atoms with van der Waals surface area (Å²) in [6, 6.07) is 0.526. The minimum absolute atomic E-state index is 0.526. The molecule has 0 saturated carbocycles. The number of nitrogens with one attached hydrogen (secondary N) is 1. The monoisotopic (exact) mass is 215 g/mol. The normalized spacial score (nSPS) is 11.3. The average Bonchev–Trinajstić information content (AvgIpc) is 2.61. The van der Waals surface area contributed by atoms with Gasteiger partial charge in [0.1, 0.15) is 5.01 Å². The lowest BCUT2D eigenvalue weighted by atomic mass is 10.3. The molecular formula is C8H17N5S. The van der Waals surface area contributed by atoms with Crippen molar-refractivity contribution in [2.24, 2.45) is 5.84 Å². The topological polar surface area (TPSA) is 67.1 Å². The molecule has 14 heavy (non-hydrogen) atoms. The summed E-state index contributed by atoms with van der Waals surface area (Å²) in [5, 5.41) is 9.59.